The number of halogens is 3. The van der Waals surface area contributed by atoms with Crippen molar-refractivity contribution in [3.63, 3.8) is 0 Å². The molecule has 7 nitrogen and oxygen atoms in total. The van der Waals surface area contributed by atoms with Gasteiger partial charge in [-0.25, -0.2) is 0 Å². The van der Waals surface area contributed by atoms with Crippen LogP contribution in [0.4, 0.5) is 19.1 Å². The summed E-state index contributed by atoms with van der Waals surface area (Å²) in [6.45, 7) is 1.84. The number of carbonyl (C=O) groups is 1. The minimum Gasteiger partial charge on any atom is -0.495 e. The van der Waals surface area contributed by atoms with E-state index in [0.29, 0.717) is 22.5 Å². The first-order valence-electron chi connectivity index (χ1n) is 9.65. The number of hydrogen-bond donors (Lipinski definition) is 1. The summed E-state index contributed by atoms with van der Waals surface area (Å²) in [5.74, 6) is 0.516. The van der Waals surface area contributed by atoms with E-state index in [1.54, 1.807) is 7.11 Å². The zero-order valence-electron chi connectivity index (χ0n) is 16.8. The van der Waals surface area contributed by atoms with Crippen LogP contribution in [0.5, 0.6) is 5.75 Å². The summed E-state index contributed by atoms with van der Waals surface area (Å²) < 4.78 is 44.5. The highest BCUT2D eigenvalue weighted by atomic mass is 32.2. The summed E-state index contributed by atoms with van der Waals surface area (Å²) in [5, 5.41) is 10.1. The second-order valence-electron chi connectivity index (χ2n) is 6.93. The van der Waals surface area contributed by atoms with E-state index in [2.05, 4.69) is 15.1 Å². The van der Waals surface area contributed by atoms with E-state index in [-0.39, 0.29) is 0 Å². The molecule has 1 aliphatic heterocycles. The van der Waals surface area contributed by atoms with Crippen molar-refractivity contribution in [3.8, 4) is 11.4 Å². The molecule has 1 fully saturated rings. The molecule has 1 atom stereocenters. The number of ether oxygens (including phenoxy) is 1. The van der Waals surface area contributed by atoms with Crippen LogP contribution in [-0.2, 0) is 4.79 Å². The first-order valence-corrected chi connectivity index (χ1v) is 10.5. The van der Waals surface area contributed by atoms with Crippen molar-refractivity contribution in [2.45, 2.75) is 42.8 Å². The predicted octanol–water partition coefficient (Wildman–Crippen LogP) is 3.43. The lowest BCUT2D eigenvalue weighted by atomic mass is 10.1. The minimum absolute atomic E-state index is 0.412. The third-order valence-corrected chi connectivity index (χ3v) is 5.74. The molecule has 0 radical (unpaired) electrons. The second-order valence-corrected chi connectivity index (χ2v) is 8.24. The quantitative estimate of drug-likeness (QED) is 0.661. The molecule has 3 rings (SSSR count). The highest BCUT2D eigenvalue weighted by Gasteiger charge is 2.30. The Morgan fingerprint density at radius 1 is 1.23 bits per heavy atom. The summed E-state index contributed by atoms with van der Waals surface area (Å²) in [7, 11) is 1.56. The normalized spacial score (nSPS) is 15.7. The highest BCUT2D eigenvalue weighted by Crippen LogP contribution is 2.34. The van der Waals surface area contributed by atoms with Gasteiger partial charge in [-0.3, -0.25) is 9.36 Å². The Bertz CT molecular complexity index is 868. The third kappa shape index (κ3) is 5.38. The molecular weight excluding hydrogens is 419 g/mol. The van der Waals surface area contributed by atoms with Gasteiger partial charge in [0.05, 0.1) is 18.0 Å². The molecule has 1 aliphatic rings. The first-order chi connectivity index (χ1) is 14.3. The SMILES string of the molecule is COc1ccccc1-n1c(SC(C)C(=O)NCC(F)(F)F)nnc1N1CCCCC1. The number of piperidine rings is 1. The second kappa shape index (κ2) is 9.59. The van der Waals surface area contributed by atoms with Crippen molar-refractivity contribution >= 4 is 23.6 Å². The number of amides is 1. The number of nitrogens with zero attached hydrogens (tertiary/aromatic N) is 4. The molecule has 0 bridgehead atoms. The van der Waals surface area contributed by atoms with Crippen molar-refractivity contribution in [2.24, 2.45) is 0 Å². The zero-order chi connectivity index (χ0) is 21.7. The van der Waals surface area contributed by atoms with Crippen molar-refractivity contribution in [1.82, 2.24) is 20.1 Å². The van der Waals surface area contributed by atoms with Crippen LogP contribution in [0, 0.1) is 0 Å². The number of rotatable bonds is 7. The van der Waals surface area contributed by atoms with Crippen molar-refractivity contribution in [2.75, 3.05) is 31.6 Å². The molecule has 1 aromatic heterocycles. The van der Waals surface area contributed by atoms with Gasteiger partial charge < -0.3 is 15.0 Å². The molecule has 0 aliphatic carbocycles. The van der Waals surface area contributed by atoms with Crippen LogP contribution in [-0.4, -0.2) is 58.8 Å². The molecule has 1 N–H and O–H groups in total. The highest BCUT2D eigenvalue weighted by molar-refractivity contribution is 8.00. The van der Waals surface area contributed by atoms with E-state index in [0.717, 1.165) is 44.1 Å². The fourth-order valence-corrected chi connectivity index (χ4v) is 4.09. The van der Waals surface area contributed by atoms with E-state index in [1.165, 1.54) is 6.92 Å². The number of methoxy groups -OCH3 is 1. The molecule has 1 aromatic carbocycles. The van der Waals surface area contributed by atoms with Gasteiger partial charge in [-0.15, -0.1) is 10.2 Å². The lowest BCUT2D eigenvalue weighted by Gasteiger charge is -2.28. The van der Waals surface area contributed by atoms with Crippen LogP contribution in [0.15, 0.2) is 29.4 Å². The molecule has 1 amide bonds. The van der Waals surface area contributed by atoms with Crippen molar-refractivity contribution < 1.29 is 22.7 Å². The molecule has 1 unspecified atom stereocenters. The van der Waals surface area contributed by atoms with Crippen molar-refractivity contribution in [3.05, 3.63) is 24.3 Å². The van der Waals surface area contributed by atoms with Crippen LogP contribution >= 0.6 is 11.8 Å². The van der Waals surface area contributed by atoms with Crippen molar-refractivity contribution in [1.29, 1.82) is 0 Å². The summed E-state index contributed by atoms with van der Waals surface area (Å²) in [6.07, 6.45) is -1.23. The van der Waals surface area contributed by atoms with E-state index < -0.39 is 23.9 Å². The Hall–Kier alpha value is -2.43. The smallest absolute Gasteiger partial charge is 0.405 e. The Morgan fingerprint density at radius 2 is 1.93 bits per heavy atom. The van der Waals surface area contributed by atoms with Crippen LogP contribution in [0.25, 0.3) is 5.69 Å². The summed E-state index contributed by atoms with van der Waals surface area (Å²) >= 11 is 1.06. The molecule has 0 saturated carbocycles. The Morgan fingerprint density at radius 3 is 2.60 bits per heavy atom. The third-order valence-electron chi connectivity index (χ3n) is 4.70. The lowest BCUT2D eigenvalue weighted by molar-refractivity contribution is -0.137. The van der Waals surface area contributed by atoms with Crippen LogP contribution in [0.1, 0.15) is 26.2 Å². The van der Waals surface area contributed by atoms with Gasteiger partial charge in [0.1, 0.15) is 12.3 Å². The average molecular weight is 443 g/mol. The van der Waals surface area contributed by atoms with E-state index in [1.807, 2.05) is 34.1 Å². The fourth-order valence-electron chi connectivity index (χ4n) is 3.21. The largest absolute Gasteiger partial charge is 0.495 e. The number of thioether (sulfide) groups is 1. The number of benzene rings is 1. The van der Waals surface area contributed by atoms with Gasteiger partial charge in [-0.2, -0.15) is 13.2 Å². The average Bonchev–Trinajstić information content (AvgIpc) is 3.15. The van der Waals surface area contributed by atoms with Crippen LogP contribution in [0.3, 0.4) is 0 Å². The minimum atomic E-state index is -4.46. The van der Waals surface area contributed by atoms with Gasteiger partial charge in [0.2, 0.25) is 11.9 Å². The fraction of sp³-hybridized carbons (Fsp3) is 0.526. The van der Waals surface area contributed by atoms with Gasteiger partial charge in [0.15, 0.2) is 5.16 Å². The van der Waals surface area contributed by atoms with Gasteiger partial charge >= 0.3 is 6.18 Å². The molecule has 164 valence electrons. The number of aromatic nitrogens is 3. The summed E-state index contributed by atoms with van der Waals surface area (Å²) in [4.78, 5) is 14.3. The van der Waals surface area contributed by atoms with E-state index in [9.17, 15) is 18.0 Å². The molecule has 11 heteroatoms. The maximum Gasteiger partial charge on any atom is 0.405 e. The van der Waals surface area contributed by atoms with E-state index >= 15 is 0 Å². The zero-order valence-corrected chi connectivity index (χ0v) is 17.6. The standard InChI is InChI=1S/C19H24F3N5O2S/c1-13(16(28)23-12-19(20,21)22)30-18-25-24-17(26-10-6-3-7-11-26)27(18)14-8-4-5-9-15(14)29-2/h4-5,8-9,13H,3,6-7,10-12H2,1-2H3,(H,23,28). The maximum absolute atomic E-state index is 12.4. The monoisotopic (exact) mass is 443 g/mol. The van der Waals surface area contributed by atoms with Gasteiger partial charge in [0, 0.05) is 13.1 Å². The topological polar surface area (TPSA) is 72.3 Å². The number of carbonyl (C=O) groups excluding carboxylic acids is 1. The Kier molecular flexibility index (Phi) is 7.11. The van der Waals surface area contributed by atoms with Gasteiger partial charge in [-0.1, -0.05) is 23.9 Å². The number of hydrogen-bond acceptors (Lipinski definition) is 6. The van der Waals surface area contributed by atoms with Crippen LogP contribution in [0.2, 0.25) is 0 Å². The first kappa shape index (κ1) is 22.3. The number of anilines is 1. The number of nitrogens with one attached hydrogen (secondary N) is 1. The summed E-state index contributed by atoms with van der Waals surface area (Å²) in [5.41, 5.74) is 0.705. The predicted molar refractivity (Wildman–Crippen MR) is 108 cm³/mol. The molecular formula is C19H24F3N5O2S. The molecule has 1 saturated heterocycles. The maximum atomic E-state index is 12.4. The van der Waals surface area contributed by atoms with Crippen LogP contribution < -0.4 is 15.0 Å². The molecule has 0 spiro atoms. The molecule has 30 heavy (non-hydrogen) atoms. The Labute approximate surface area is 177 Å². The van der Waals surface area contributed by atoms with Gasteiger partial charge in [0.25, 0.3) is 0 Å². The number of para-hydroxylation sites is 2. The summed E-state index contributed by atoms with van der Waals surface area (Å²) in [6, 6.07) is 7.36. The number of alkyl halides is 3. The van der Waals surface area contributed by atoms with E-state index in [4.69, 9.17) is 4.74 Å². The Balaban J connectivity index is 1.90. The lowest BCUT2D eigenvalue weighted by Crippen LogP contribution is -2.38. The molecule has 2 aromatic rings. The molecule has 2 heterocycles. The van der Waals surface area contributed by atoms with Gasteiger partial charge in [-0.05, 0) is 38.3 Å².